The number of quaternary nitrogens is 1. The molecule has 0 unspecified atom stereocenters. The van der Waals surface area contributed by atoms with Crippen molar-refractivity contribution in [3.05, 3.63) is 40.6 Å². The molecule has 8 heteroatoms. The minimum Gasteiger partial charge on any atom is -0.870 e. The molecule has 2 rings (SSSR count). The Kier molecular flexibility index (Phi) is 7.37. The van der Waals surface area contributed by atoms with Crippen LogP contribution in [0.2, 0.25) is 0 Å². The molecular weight excluding hydrogens is 290 g/mol. The number of rotatable bonds is 3. The fraction of sp³-hybridized carbons (Fsp3) is 0.357. The van der Waals surface area contributed by atoms with Gasteiger partial charge in [-0.15, -0.1) is 0 Å². The molecule has 122 valence electrons. The standard InChI is InChI=1S/C9H6N2O3.C5H14NO.H2O/c12-8-4-3-7(11(13)14)6-2-1-5-10-9(6)8;1-6(2,3)4-5-7;/h1-5,12H;7H,4-5H2,1-3H3;1H2/q;+1;/p-1. The average Bonchev–Trinajstić information content (AvgIpc) is 2.38. The van der Waals surface area contributed by atoms with Crippen LogP contribution < -0.4 is 0 Å². The van der Waals surface area contributed by atoms with E-state index < -0.39 is 4.92 Å². The number of phenols is 1. The molecular formula is C14H21N3O5. The van der Waals surface area contributed by atoms with Gasteiger partial charge in [-0.3, -0.25) is 15.1 Å². The fourth-order valence-electron chi connectivity index (χ4n) is 1.60. The lowest BCUT2D eigenvalue weighted by atomic mass is 10.2. The number of nitro groups is 1. The summed E-state index contributed by atoms with van der Waals surface area (Å²) in [5.74, 6) is -0.0498. The van der Waals surface area contributed by atoms with Crippen molar-refractivity contribution >= 4 is 16.6 Å². The number of aliphatic hydroxyl groups excluding tert-OH is 1. The van der Waals surface area contributed by atoms with Crippen molar-refractivity contribution in [3.8, 4) is 5.75 Å². The Morgan fingerprint density at radius 3 is 2.36 bits per heavy atom. The summed E-state index contributed by atoms with van der Waals surface area (Å²) in [6, 6.07) is 5.68. The Labute approximate surface area is 128 Å². The van der Waals surface area contributed by atoms with Gasteiger partial charge >= 0.3 is 0 Å². The second kappa shape index (κ2) is 8.23. The van der Waals surface area contributed by atoms with Crippen LogP contribution in [0.3, 0.4) is 0 Å². The van der Waals surface area contributed by atoms with Gasteiger partial charge in [0.25, 0.3) is 5.69 Å². The van der Waals surface area contributed by atoms with Gasteiger partial charge in [-0.25, -0.2) is 0 Å². The smallest absolute Gasteiger partial charge is 0.279 e. The van der Waals surface area contributed by atoms with Gasteiger partial charge < -0.3 is 20.2 Å². The summed E-state index contributed by atoms with van der Waals surface area (Å²) in [7, 11) is 6.16. The van der Waals surface area contributed by atoms with E-state index in [9.17, 15) is 15.2 Å². The summed E-state index contributed by atoms with van der Waals surface area (Å²) in [4.78, 5) is 14.0. The number of hydrogen-bond acceptors (Lipinski definition) is 6. The summed E-state index contributed by atoms with van der Waals surface area (Å²) in [6.07, 6.45) is 1.48. The highest BCUT2D eigenvalue weighted by Crippen LogP contribution is 2.29. The van der Waals surface area contributed by atoms with E-state index in [1.54, 1.807) is 12.1 Å². The number of likely N-dealkylation sites (N-methyl/N-ethyl adjacent to an activating group) is 1. The quantitative estimate of drug-likeness (QED) is 0.500. The Morgan fingerprint density at radius 1 is 1.27 bits per heavy atom. The van der Waals surface area contributed by atoms with E-state index in [-0.39, 0.29) is 29.0 Å². The highest BCUT2D eigenvalue weighted by molar-refractivity contribution is 5.91. The van der Waals surface area contributed by atoms with Crippen molar-refractivity contribution in [3.63, 3.8) is 0 Å². The highest BCUT2D eigenvalue weighted by Gasteiger charge is 2.13. The zero-order valence-electron chi connectivity index (χ0n) is 12.8. The maximum absolute atomic E-state index is 10.6. The summed E-state index contributed by atoms with van der Waals surface area (Å²) in [5.41, 5.74) is 0.201. The SMILES string of the molecule is C[N+](C)(C)CCO.O=[N+]([O-])c1ccc(O)c2ncccc12.[OH-]. The molecule has 0 bridgehead atoms. The second-order valence-electron chi connectivity index (χ2n) is 5.50. The summed E-state index contributed by atoms with van der Waals surface area (Å²) >= 11 is 0. The molecule has 1 aromatic carbocycles. The number of benzene rings is 1. The van der Waals surface area contributed by atoms with E-state index in [2.05, 4.69) is 26.1 Å². The zero-order chi connectivity index (χ0) is 16.0. The van der Waals surface area contributed by atoms with Crippen molar-refractivity contribution in [2.45, 2.75) is 0 Å². The molecule has 2 aromatic rings. The average molecular weight is 311 g/mol. The number of aliphatic hydroxyl groups is 1. The van der Waals surface area contributed by atoms with Gasteiger partial charge in [0.15, 0.2) is 0 Å². The molecule has 0 radical (unpaired) electrons. The largest absolute Gasteiger partial charge is 0.870 e. The number of hydrogen-bond donors (Lipinski definition) is 2. The molecule has 0 saturated carbocycles. The lowest BCUT2D eigenvalue weighted by Crippen LogP contribution is -2.36. The van der Waals surface area contributed by atoms with Gasteiger partial charge in [-0.2, -0.15) is 0 Å². The van der Waals surface area contributed by atoms with E-state index in [0.717, 1.165) is 11.0 Å². The minimum atomic E-state index is -0.497. The third-order valence-corrected chi connectivity index (χ3v) is 2.69. The molecule has 3 N–H and O–H groups in total. The van der Waals surface area contributed by atoms with Crippen LogP contribution in [0.25, 0.3) is 10.9 Å². The number of pyridine rings is 1. The molecule has 22 heavy (non-hydrogen) atoms. The van der Waals surface area contributed by atoms with E-state index in [0.29, 0.717) is 5.39 Å². The van der Waals surface area contributed by atoms with Crippen LogP contribution in [0, 0.1) is 10.1 Å². The Morgan fingerprint density at radius 2 is 1.91 bits per heavy atom. The molecule has 0 saturated heterocycles. The van der Waals surface area contributed by atoms with Crippen molar-refractivity contribution in [2.24, 2.45) is 0 Å². The van der Waals surface area contributed by atoms with Crippen LogP contribution in [0.15, 0.2) is 30.5 Å². The summed E-state index contributed by atoms with van der Waals surface area (Å²) in [5, 5.41) is 28.7. The summed E-state index contributed by atoms with van der Waals surface area (Å²) < 4.78 is 0.844. The second-order valence-corrected chi connectivity index (χ2v) is 5.50. The number of nitro benzene ring substituents is 1. The first-order chi connectivity index (χ1) is 9.76. The van der Waals surface area contributed by atoms with Gasteiger partial charge in [0.05, 0.1) is 38.1 Å². The third kappa shape index (κ3) is 5.60. The first-order valence-corrected chi connectivity index (χ1v) is 6.38. The Hall–Kier alpha value is -2.29. The molecule has 1 aromatic heterocycles. The molecule has 0 atom stereocenters. The first kappa shape index (κ1) is 19.7. The predicted octanol–water partition coefficient (Wildman–Crippen LogP) is 1.36. The minimum absolute atomic E-state index is 0. The number of nitrogens with zero attached hydrogens (tertiary/aromatic N) is 3. The number of phenolic OH excluding ortho intramolecular Hbond substituents is 1. The van der Waals surface area contributed by atoms with Crippen LogP contribution in [0.4, 0.5) is 5.69 Å². The third-order valence-electron chi connectivity index (χ3n) is 2.69. The van der Waals surface area contributed by atoms with Crippen molar-refractivity contribution < 1.29 is 25.1 Å². The molecule has 0 aliphatic rings. The molecule has 0 spiro atoms. The van der Waals surface area contributed by atoms with Crippen molar-refractivity contribution in [1.82, 2.24) is 4.98 Å². The fourth-order valence-corrected chi connectivity index (χ4v) is 1.60. The lowest BCUT2D eigenvalue weighted by Gasteiger charge is -2.21. The first-order valence-electron chi connectivity index (χ1n) is 6.38. The Bertz CT molecular complexity index is 625. The number of fused-ring (bicyclic) bond motifs is 1. The predicted molar refractivity (Wildman–Crippen MR) is 82.0 cm³/mol. The van der Waals surface area contributed by atoms with Gasteiger partial charge in [-0.05, 0) is 18.2 Å². The van der Waals surface area contributed by atoms with Crippen LogP contribution >= 0.6 is 0 Å². The number of aromatic hydroxyl groups is 1. The van der Waals surface area contributed by atoms with Gasteiger partial charge in [0.2, 0.25) is 0 Å². The van der Waals surface area contributed by atoms with Crippen LogP contribution in [-0.4, -0.2) is 64.4 Å². The number of aromatic nitrogens is 1. The zero-order valence-corrected chi connectivity index (χ0v) is 12.8. The van der Waals surface area contributed by atoms with Crippen molar-refractivity contribution in [2.75, 3.05) is 34.3 Å². The number of non-ortho nitro benzene ring substituents is 1. The normalized spacial score (nSPS) is 10.4. The van der Waals surface area contributed by atoms with Crippen molar-refractivity contribution in [1.29, 1.82) is 0 Å². The van der Waals surface area contributed by atoms with E-state index >= 15 is 0 Å². The van der Waals surface area contributed by atoms with Crippen LogP contribution in [0.1, 0.15) is 0 Å². The van der Waals surface area contributed by atoms with Gasteiger partial charge in [0, 0.05) is 12.3 Å². The monoisotopic (exact) mass is 311 g/mol. The highest BCUT2D eigenvalue weighted by atomic mass is 16.6. The molecule has 0 amide bonds. The molecule has 1 heterocycles. The summed E-state index contributed by atoms with van der Waals surface area (Å²) in [6.45, 7) is 1.11. The molecule has 8 nitrogen and oxygen atoms in total. The van der Waals surface area contributed by atoms with Gasteiger partial charge in [0.1, 0.15) is 17.8 Å². The lowest BCUT2D eigenvalue weighted by molar-refractivity contribution is -0.870. The van der Waals surface area contributed by atoms with E-state index in [1.165, 1.54) is 18.3 Å². The van der Waals surface area contributed by atoms with E-state index in [4.69, 9.17) is 5.11 Å². The van der Waals surface area contributed by atoms with Crippen LogP contribution in [0.5, 0.6) is 5.75 Å². The maximum atomic E-state index is 10.6. The van der Waals surface area contributed by atoms with E-state index in [1.807, 2.05) is 0 Å². The molecule has 0 aliphatic heterocycles. The molecule has 0 fully saturated rings. The van der Waals surface area contributed by atoms with Crippen LogP contribution in [-0.2, 0) is 0 Å². The Balaban J connectivity index is 0.000000478. The molecule has 0 aliphatic carbocycles. The topological polar surface area (TPSA) is 126 Å². The van der Waals surface area contributed by atoms with Gasteiger partial charge in [-0.1, -0.05) is 0 Å². The maximum Gasteiger partial charge on any atom is 0.279 e.